The van der Waals surface area contributed by atoms with Crippen LogP contribution in [-0.2, 0) is 22.4 Å². The van der Waals surface area contributed by atoms with Gasteiger partial charge in [0.25, 0.3) is 0 Å². The molecular formula is C22H27NO4. The maximum absolute atomic E-state index is 11.7. The van der Waals surface area contributed by atoms with Crippen molar-refractivity contribution in [3.05, 3.63) is 71.3 Å². The second-order valence-electron chi connectivity index (χ2n) is 7.26. The standard InChI is InChI=1S/C22H27NO4/c1-15(2)11-19(21(24)25)23-20(22(26)27)14-18-10-6-9-17(13-18)12-16-7-4-3-5-8-16/h3-10,13,15,19-20,23H,11-12,14H2,1-2H3,(H,24,25)(H,26,27)/t19-,20?/m0/s1. The van der Waals surface area contributed by atoms with Crippen molar-refractivity contribution in [2.75, 3.05) is 0 Å². The number of nitrogens with one attached hydrogen (secondary N) is 1. The highest BCUT2D eigenvalue weighted by atomic mass is 16.4. The summed E-state index contributed by atoms with van der Waals surface area (Å²) >= 11 is 0. The van der Waals surface area contributed by atoms with Crippen molar-refractivity contribution in [1.82, 2.24) is 5.32 Å². The lowest BCUT2D eigenvalue weighted by atomic mass is 9.98. The number of carbonyl (C=O) groups is 2. The number of aliphatic carboxylic acids is 2. The monoisotopic (exact) mass is 369 g/mol. The maximum Gasteiger partial charge on any atom is 0.321 e. The molecule has 0 aliphatic heterocycles. The second-order valence-corrected chi connectivity index (χ2v) is 7.26. The predicted molar refractivity (Wildman–Crippen MR) is 105 cm³/mol. The van der Waals surface area contributed by atoms with E-state index in [4.69, 9.17) is 0 Å². The van der Waals surface area contributed by atoms with Crippen LogP contribution in [-0.4, -0.2) is 34.2 Å². The summed E-state index contributed by atoms with van der Waals surface area (Å²) in [6.07, 6.45) is 1.39. The summed E-state index contributed by atoms with van der Waals surface area (Å²) in [5.41, 5.74) is 3.15. The molecular weight excluding hydrogens is 342 g/mol. The molecule has 0 bridgehead atoms. The van der Waals surface area contributed by atoms with Crippen molar-refractivity contribution in [3.8, 4) is 0 Å². The molecule has 0 saturated heterocycles. The van der Waals surface area contributed by atoms with Gasteiger partial charge in [0, 0.05) is 0 Å². The molecule has 5 heteroatoms. The predicted octanol–water partition coefficient (Wildman–Crippen LogP) is 3.36. The molecule has 0 amide bonds. The molecule has 0 saturated carbocycles. The fourth-order valence-electron chi connectivity index (χ4n) is 3.11. The van der Waals surface area contributed by atoms with Crippen LogP contribution in [0.15, 0.2) is 54.6 Å². The zero-order valence-corrected chi connectivity index (χ0v) is 15.8. The van der Waals surface area contributed by atoms with Gasteiger partial charge in [-0.3, -0.25) is 14.9 Å². The molecule has 0 radical (unpaired) electrons. The summed E-state index contributed by atoms with van der Waals surface area (Å²) in [6.45, 7) is 3.83. The lowest BCUT2D eigenvalue weighted by Gasteiger charge is -2.22. The van der Waals surface area contributed by atoms with Crippen molar-refractivity contribution < 1.29 is 19.8 Å². The van der Waals surface area contributed by atoms with Crippen LogP contribution in [0.4, 0.5) is 0 Å². The number of hydrogen-bond donors (Lipinski definition) is 3. The van der Waals surface area contributed by atoms with Crippen molar-refractivity contribution >= 4 is 11.9 Å². The zero-order chi connectivity index (χ0) is 19.8. The van der Waals surface area contributed by atoms with Crippen LogP contribution in [0.25, 0.3) is 0 Å². The van der Waals surface area contributed by atoms with Gasteiger partial charge in [0.05, 0.1) is 0 Å². The third-order valence-electron chi connectivity index (χ3n) is 4.39. The van der Waals surface area contributed by atoms with Gasteiger partial charge in [-0.1, -0.05) is 68.4 Å². The molecule has 0 aliphatic rings. The largest absolute Gasteiger partial charge is 0.480 e. The van der Waals surface area contributed by atoms with Gasteiger partial charge < -0.3 is 10.2 Å². The van der Waals surface area contributed by atoms with E-state index in [-0.39, 0.29) is 12.3 Å². The van der Waals surface area contributed by atoms with E-state index in [2.05, 4.69) is 17.4 Å². The van der Waals surface area contributed by atoms with Gasteiger partial charge in [-0.2, -0.15) is 0 Å². The van der Waals surface area contributed by atoms with Crippen LogP contribution in [0.3, 0.4) is 0 Å². The van der Waals surface area contributed by atoms with Crippen molar-refractivity contribution in [2.24, 2.45) is 5.92 Å². The van der Waals surface area contributed by atoms with E-state index in [1.165, 1.54) is 5.56 Å². The normalized spacial score (nSPS) is 13.3. The first-order chi connectivity index (χ1) is 12.8. The van der Waals surface area contributed by atoms with E-state index in [0.29, 0.717) is 6.42 Å². The van der Waals surface area contributed by atoms with Crippen molar-refractivity contribution in [3.63, 3.8) is 0 Å². The smallest absolute Gasteiger partial charge is 0.321 e. The molecule has 2 rings (SSSR count). The molecule has 1 unspecified atom stereocenters. The van der Waals surface area contributed by atoms with Crippen LogP contribution >= 0.6 is 0 Å². The SMILES string of the molecule is CC(C)C[C@H](NC(Cc1cccc(Cc2ccccc2)c1)C(=O)O)C(=O)O. The summed E-state index contributed by atoms with van der Waals surface area (Å²) in [5, 5.41) is 21.7. The van der Waals surface area contributed by atoms with Gasteiger partial charge in [-0.15, -0.1) is 0 Å². The van der Waals surface area contributed by atoms with Crippen molar-refractivity contribution in [1.29, 1.82) is 0 Å². The number of carboxylic acid groups (broad SMARTS) is 2. The molecule has 2 aromatic carbocycles. The zero-order valence-electron chi connectivity index (χ0n) is 15.8. The summed E-state index contributed by atoms with van der Waals surface area (Å²) in [4.78, 5) is 23.1. The molecule has 0 heterocycles. The molecule has 27 heavy (non-hydrogen) atoms. The number of hydrogen-bond acceptors (Lipinski definition) is 3. The van der Waals surface area contributed by atoms with Gasteiger partial charge in [0.2, 0.25) is 0 Å². The second kappa shape index (κ2) is 9.88. The van der Waals surface area contributed by atoms with Gasteiger partial charge in [0.15, 0.2) is 0 Å². The van der Waals surface area contributed by atoms with Gasteiger partial charge in [-0.25, -0.2) is 0 Å². The lowest BCUT2D eigenvalue weighted by Crippen LogP contribution is -2.48. The minimum Gasteiger partial charge on any atom is -0.480 e. The Kier molecular flexibility index (Phi) is 7.55. The fourth-order valence-corrected chi connectivity index (χ4v) is 3.11. The van der Waals surface area contributed by atoms with Crippen LogP contribution in [0.2, 0.25) is 0 Å². The Hall–Kier alpha value is -2.66. The van der Waals surface area contributed by atoms with Crippen LogP contribution in [0.5, 0.6) is 0 Å². The van der Waals surface area contributed by atoms with E-state index in [9.17, 15) is 19.8 Å². The quantitative estimate of drug-likeness (QED) is 0.598. The first kappa shape index (κ1) is 20.6. The fraction of sp³-hybridized carbons (Fsp3) is 0.364. The molecule has 2 atom stereocenters. The Balaban J connectivity index is 2.10. The highest BCUT2D eigenvalue weighted by Crippen LogP contribution is 2.14. The van der Waals surface area contributed by atoms with Crippen molar-refractivity contribution in [2.45, 2.75) is 45.2 Å². The Morgan fingerprint density at radius 3 is 2.04 bits per heavy atom. The maximum atomic E-state index is 11.7. The summed E-state index contributed by atoms with van der Waals surface area (Å²) in [6, 6.07) is 16.0. The topological polar surface area (TPSA) is 86.6 Å². The Morgan fingerprint density at radius 1 is 0.852 bits per heavy atom. The highest BCUT2D eigenvalue weighted by molar-refractivity contribution is 5.77. The van der Waals surface area contributed by atoms with E-state index < -0.39 is 24.0 Å². The Labute approximate surface area is 160 Å². The summed E-state index contributed by atoms with van der Waals surface area (Å²) in [7, 11) is 0. The first-order valence-corrected chi connectivity index (χ1v) is 9.18. The van der Waals surface area contributed by atoms with Crippen LogP contribution < -0.4 is 5.32 Å². The Morgan fingerprint density at radius 2 is 1.44 bits per heavy atom. The molecule has 0 spiro atoms. The highest BCUT2D eigenvalue weighted by Gasteiger charge is 2.26. The number of rotatable bonds is 10. The van der Waals surface area contributed by atoms with Gasteiger partial charge in [-0.05, 0) is 41.9 Å². The van der Waals surface area contributed by atoms with E-state index >= 15 is 0 Å². The average molecular weight is 369 g/mol. The number of benzene rings is 2. The Bertz CT molecular complexity index is 758. The third-order valence-corrected chi connectivity index (χ3v) is 4.39. The minimum absolute atomic E-state index is 0.155. The first-order valence-electron chi connectivity index (χ1n) is 9.18. The number of carboxylic acids is 2. The molecule has 3 N–H and O–H groups in total. The van der Waals surface area contributed by atoms with Gasteiger partial charge >= 0.3 is 11.9 Å². The third kappa shape index (κ3) is 6.87. The molecule has 2 aromatic rings. The van der Waals surface area contributed by atoms with Crippen LogP contribution in [0, 0.1) is 5.92 Å². The van der Waals surface area contributed by atoms with E-state index in [1.807, 2.05) is 56.3 Å². The van der Waals surface area contributed by atoms with E-state index in [0.717, 1.165) is 17.5 Å². The molecule has 0 aliphatic carbocycles. The molecule has 0 fully saturated rings. The summed E-state index contributed by atoms with van der Waals surface area (Å²) in [5.74, 6) is -1.91. The summed E-state index contributed by atoms with van der Waals surface area (Å²) < 4.78 is 0. The average Bonchev–Trinajstić information content (AvgIpc) is 2.61. The van der Waals surface area contributed by atoms with Crippen LogP contribution in [0.1, 0.15) is 37.0 Å². The lowest BCUT2D eigenvalue weighted by molar-refractivity contribution is -0.142. The molecule has 5 nitrogen and oxygen atoms in total. The van der Waals surface area contributed by atoms with E-state index in [1.54, 1.807) is 0 Å². The molecule has 144 valence electrons. The molecule has 0 aromatic heterocycles. The minimum atomic E-state index is -1.04. The van der Waals surface area contributed by atoms with Gasteiger partial charge in [0.1, 0.15) is 12.1 Å².